The van der Waals surface area contributed by atoms with Gasteiger partial charge in [0, 0.05) is 6.54 Å². The zero-order chi connectivity index (χ0) is 10.0. The highest BCUT2D eigenvalue weighted by Crippen LogP contribution is 2.33. The van der Waals surface area contributed by atoms with E-state index in [4.69, 9.17) is 4.74 Å². The summed E-state index contributed by atoms with van der Waals surface area (Å²) in [5, 5.41) is 3.03. The van der Waals surface area contributed by atoms with Crippen molar-refractivity contribution in [2.45, 2.75) is 12.1 Å². The number of ether oxygens (including phenoxy) is 1. The van der Waals surface area contributed by atoms with Crippen molar-refractivity contribution in [3.63, 3.8) is 0 Å². The van der Waals surface area contributed by atoms with Gasteiger partial charge in [0.05, 0.1) is 7.11 Å². The zero-order valence-corrected chi connectivity index (χ0v) is 9.44. The largest absolute Gasteiger partial charge is 0.497 e. The highest BCUT2D eigenvalue weighted by atomic mass is 35.5. The van der Waals surface area contributed by atoms with Crippen LogP contribution in [0.2, 0.25) is 0 Å². The summed E-state index contributed by atoms with van der Waals surface area (Å²) in [6, 6.07) is 7.24. The Morgan fingerprint density at radius 3 is 2.87 bits per heavy atom. The zero-order valence-electron chi connectivity index (χ0n) is 8.63. The van der Waals surface area contributed by atoms with Gasteiger partial charge >= 0.3 is 0 Å². The van der Waals surface area contributed by atoms with Gasteiger partial charge in [-0.1, -0.05) is 12.1 Å². The number of methoxy groups -OCH3 is 1. The summed E-state index contributed by atoms with van der Waals surface area (Å²) in [4.78, 5) is 0. The van der Waals surface area contributed by atoms with Crippen molar-refractivity contribution < 1.29 is 9.13 Å². The molecule has 2 nitrogen and oxygen atoms in total. The first-order valence-corrected chi connectivity index (χ1v) is 4.79. The van der Waals surface area contributed by atoms with Gasteiger partial charge < -0.3 is 10.1 Å². The summed E-state index contributed by atoms with van der Waals surface area (Å²) >= 11 is 0. The Bertz CT molecular complexity index is 326. The van der Waals surface area contributed by atoms with Gasteiger partial charge in [0.25, 0.3) is 0 Å². The molecule has 1 heterocycles. The molecule has 1 N–H and O–H groups in total. The number of benzene rings is 1. The van der Waals surface area contributed by atoms with Crippen molar-refractivity contribution in [2.75, 3.05) is 20.2 Å². The summed E-state index contributed by atoms with van der Waals surface area (Å²) in [6.45, 7) is 1.15. The monoisotopic (exact) mass is 231 g/mol. The maximum atomic E-state index is 14.2. The van der Waals surface area contributed by atoms with Crippen molar-refractivity contribution in [2.24, 2.45) is 0 Å². The molecule has 1 aliphatic heterocycles. The summed E-state index contributed by atoms with van der Waals surface area (Å²) in [5.41, 5.74) is -0.504. The predicted molar refractivity (Wildman–Crippen MR) is 60.5 cm³/mol. The first-order valence-electron chi connectivity index (χ1n) is 4.79. The molecule has 0 aromatic heterocycles. The van der Waals surface area contributed by atoms with E-state index in [1.54, 1.807) is 13.2 Å². The molecule has 0 amide bonds. The van der Waals surface area contributed by atoms with E-state index < -0.39 is 5.67 Å². The Kier molecular flexibility index (Phi) is 3.94. The van der Waals surface area contributed by atoms with Crippen LogP contribution in [-0.4, -0.2) is 20.2 Å². The van der Waals surface area contributed by atoms with Crippen LogP contribution in [0.3, 0.4) is 0 Å². The van der Waals surface area contributed by atoms with Crippen LogP contribution in [0.1, 0.15) is 12.0 Å². The Morgan fingerprint density at radius 2 is 2.27 bits per heavy atom. The number of hydrogen-bond acceptors (Lipinski definition) is 2. The van der Waals surface area contributed by atoms with Gasteiger partial charge in [-0.15, -0.1) is 12.4 Å². The van der Waals surface area contributed by atoms with Crippen LogP contribution in [0, 0.1) is 0 Å². The normalized spacial score (nSPS) is 24.7. The minimum Gasteiger partial charge on any atom is -0.497 e. The van der Waals surface area contributed by atoms with Crippen LogP contribution in [0.15, 0.2) is 24.3 Å². The first-order chi connectivity index (χ1) is 6.74. The average molecular weight is 232 g/mol. The van der Waals surface area contributed by atoms with Gasteiger partial charge in [0.2, 0.25) is 0 Å². The molecule has 2 rings (SSSR count). The van der Waals surface area contributed by atoms with Gasteiger partial charge in [-0.2, -0.15) is 0 Å². The molecule has 1 unspecified atom stereocenters. The third-order valence-electron chi connectivity index (χ3n) is 2.69. The molecule has 1 saturated heterocycles. The molecule has 4 heteroatoms. The van der Waals surface area contributed by atoms with E-state index in [2.05, 4.69) is 5.32 Å². The fourth-order valence-corrected chi connectivity index (χ4v) is 1.81. The van der Waals surface area contributed by atoms with Gasteiger partial charge in [0.1, 0.15) is 11.4 Å². The SMILES string of the molecule is COc1cccc(C2(F)CCNC2)c1.Cl. The standard InChI is InChI=1S/C11H14FNO.ClH/c1-14-10-4-2-3-9(7-10)11(12)5-6-13-8-11;/h2-4,7,13H,5-6,8H2,1H3;1H. The summed E-state index contributed by atoms with van der Waals surface area (Å²) in [6.07, 6.45) is 0.542. The van der Waals surface area contributed by atoms with Crippen molar-refractivity contribution in [3.05, 3.63) is 29.8 Å². The minimum atomic E-state index is -1.21. The molecule has 1 atom stereocenters. The van der Waals surface area contributed by atoms with Crippen molar-refractivity contribution in [1.29, 1.82) is 0 Å². The second kappa shape index (κ2) is 4.81. The molecule has 0 radical (unpaired) electrons. The predicted octanol–water partition coefficient (Wildman–Crippen LogP) is 2.28. The highest BCUT2D eigenvalue weighted by molar-refractivity contribution is 5.85. The van der Waals surface area contributed by atoms with Crippen LogP contribution in [0.25, 0.3) is 0 Å². The van der Waals surface area contributed by atoms with Gasteiger partial charge in [-0.25, -0.2) is 4.39 Å². The lowest BCUT2D eigenvalue weighted by Gasteiger charge is -2.18. The number of halogens is 2. The number of hydrogen-bond donors (Lipinski definition) is 1. The fourth-order valence-electron chi connectivity index (χ4n) is 1.81. The van der Waals surface area contributed by atoms with E-state index in [0.717, 1.165) is 6.54 Å². The molecule has 15 heavy (non-hydrogen) atoms. The van der Waals surface area contributed by atoms with Gasteiger partial charge in [0.15, 0.2) is 0 Å². The summed E-state index contributed by atoms with van der Waals surface area (Å²) < 4.78 is 19.3. The van der Waals surface area contributed by atoms with E-state index in [1.807, 2.05) is 18.2 Å². The van der Waals surface area contributed by atoms with Crippen molar-refractivity contribution in [1.82, 2.24) is 5.32 Å². The maximum absolute atomic E-state index is 14.2. The van der Waals surface area contributed by atoms with E-state index >= 15 is 0 Å². The Balaban J connectivity index is 0.00000112. The summed E-state index contributed by atoms with van der Waals surface area (Å²) in [7, 11) is 1.59. The average Bonchev–Trinajstić information content (AvgIpc) is 2.67. The quantitative estimate of drug-likeness (QED) is 0.843. The second-order valence-corrected chi connectivity index (χ2v) is 3.62. The van der Waals surface area contributed by atoms with E-state index in [1.165, 1.54) is 0 Å². The molecule has 1 aliphatic rings. The van der Waals surface area contributed by atoms with Crippen LogP contribution >= 0.6 is 12.4 Å². The fraction of sp³-hybridized carbons (Fsp3) is 0.455. The Hall–Kier alpha value is -0.800. The topological polar surface area (TPSA) is 21.3 Å². The molecule has 84 valence electrons. The highest BCUT2D eigenvalue weighted by Gasteiger charge is 2.35. The number of rotatable bonds is 2. The minimum absolute atomic E-state index is 0. The number of nitrogens with one attached hydrogen (secondary N) is 1. The van der Waals surface area contributed by atoms with Crippen LogP contribution in [0.5, 0.6) is 5.75 Å². The van der Waals surface area contributed by atoms with E-state index in [0.29, 0.717) is 24.3 Å². The Labute approximate surface area is 95.2 Å². The molecule has 0 spiro atoms. The lowest BCUT2D eigenvalue weighted by atomic mass is 9.95. The second-order valence-electron chi connectivity index (χ2n) is 3.62. The van der Waals surface area contributed by atoms with Gasteiger partial charge in [-0.05, 0) is 30.7 Å². The van der Waals surface area contributed by atoms with Crippen molar-refractivity contribution in [3.8, 4) is 5.75 Å². The molecular weight excluding hydrogens is 217 g/mol. The Morgan fingerprint density at radius 1 is 1.47 bits per heavy atom. The van der Waals surface area contributed by atoms with Crippen LogP contribution < -0.4 is 10.1 Å². The molecule has 0 bridgehead atoms. The molecule has 0 aliphatic carbocycles. The molecular formula is C11H15ClFNO. The third kappa shape index (κ3) is 2.41. The third-order valence-corrected chi connectivity index (χ3v) is 2.69. The summed E-state index contributed by atoms with van der Waals surface area (Å²) in [5.74, 6) is 0.714. The molecule has 1 fully saturated rings. The molecule has 1 aromatic carbocycles. The van der Waals surface area contributed by atoms with E-state index in [-0.39, 0.29) is 12.4 Å². The van der Waals surface area contributed by atoms with E-state index in [9.17, 15) is 4.39 Å². The lowest BCUT2D eigenvalue weighted by Crippen LogP contribution is -2.23. The van der Waals surface area contributed by atoms with Crippen LogP contribution in [0.4, 0.5) is 4.39 Å². The van der Waals surface area contributed by atoms with Crippen molar-refractivity contribution >= 4 is 12.4 Å². The molecule has 0 saturated carbocycles. The lowest BCUT2D eigenvalue weighted by molar-refractivity contribution is 0.193. The maximum Gasteiger partial charge on any atom is 0.149 e. The first kappa shape index (κ1) is 12.3. The van der Waals surface area contributed by atoms with Crippen LogP contribution in [-0.2, 0) is 5.67 Å². The smallest absolute Gasteiger partial charge is 0.149 e. The number of alkyl halides is 1. The molecule has 1 aromatic rings. The van der Waals surface area contributed by atoms with Gasteiger partial charge in [-0.3, -0.25) is 0 Å².